The molecule has 2 saturated heterocycles. The molecule has 12 N–H and O–H groups in total. The minimum absolute atomic E-state index is 0.0460. The van der Waals surface area contributed by atoms with Crippen LogP contribution in [0.25, 0.3) is 0 Å². The van der Waals surface area contributed by atoms with Crippen molar-refractivity contribution >= 4 is 0 Å². The molecule has 5 unspecified atom stereocenters. The Bertz CT molecular complexity index is 663. The van der Waals surface area contributed by atoms with Crippen LogP contribution >= 0.6 is 0 Å². The van der Waals surface area contributed by atoms with Gasteiger partial charge in [0, 0.05) is 12.6 Å². The second-order valence-corrected chi connectivity index (χ2v) is 10.0. The Hall–Kier alpha value is -0.520. The third-order valence-corrected chi connectivity index (χ3v) is 7.36. The first-order valence-electron chi connectivity index (χ1n) is 12.4. The molecular formula is C22H43N3O10. The predicted octanol–water partition coefficient (Wildman–Crippen LogP) is -3.78. The van der Waals surface area contributed by atoms with Gasteiger partial charge in [-0.2, -0.15) is 0 Å². The van der Waals surface area contributed by atoms with Crippen LogP contribution in [0.1, 0.15) is 39.5 Å². The van der Waals surface area contributed by atoms with Crippen molar-refractivity contribution in [1.82, 2.24) is 0 Å². The summed E-state index contributed by atoms with van der Waals surface area (Å²) in [5.74, 6) is -0.220. The molecule has 1 saturated carbocycles. The van der Waals surface area contributed by atoms with Gasteiger partial charge in [-0.3, -0.25) is 0 Å². The molecule has 13 heteroatoms. The van der Waals surface area contributed by atoms with E-state index < -0.39 is 85.7 Å². The van der Waals surface area contributed by atoms with Crippen LogP contribution in [0.3, 0.4) is 0 Å². The fraction of sp³-hybridized carbons (Fsp3) is 1.00. The lowest BCUT2D eigenvalue weighted by Crippen LogP contribution is -2.67. The Balaban J connectivity index is 1.82. The van der Waals surface area contributed by atoms with Crippen LogP contribution in [-0.2, 0) is 18.9 Å². The van der Waals surface area contributed by atoms with Gasteiger partial charge in [0.2, 0.25) is 0 Å². The fourth-order valence-corrected chi connectivity index (χ4v) is 5.18. The molecule has 13 nitrogen and oxygen atoms in total. The Morgan fingerprint density at radius 3 is 2.11 bits per heavy atom. The number of hydrogen-bond acceptors (Lipinski definition) is 13. The molecule has 0 aromatic heterocycles. The first-order chi connectivity index (χ1) is 16.5. The van der Waals surface area contributed by atoms with Gasteiger partial charge in [0.1, 0.15) is 48.8 Å². The monoisotopic (exact) mass is 509 g/mol. The number of ether oxygens (including phenoxy) is 4. The van der Waals surface area contributed by atoms with E-state index in [2.05, 4.69) is 0 Å². The van der Waals surface area contributed by atoms with Gasteiger partial charge >= 0.3 is 0 Å². The van der Waals surface area contributed by atoms with Crippen molar-refractivity contribution in [2.24, 2.45) is 23.1 Å². The van der Waals surface area contributed by atoms with Crippen molar-refractivity contribution in [1.29, 1.82) is 0 Å². The molecule has 35 heavy (non-hydrogen) atoms. The molecule has 1 aliphatic carbocycles. The van der Waals surface area contributed by atoms with Crippen LogP contribution in [-0.4, -0.2) is 123 Å². The van der Waals surface area contributed by atoms with E-state index >= 15 is 0 Å². The standard InChI is InChI=1S/C22H43N3O10/c1-3-4-5-9-6-10(24)19(34-21-12(25)15(29)16(30)18(33-21)8(2)26)20(13(9)27)35-22-17(31)14(28)11(7-23)32-22/h8-22,26-31H,3-7,23-25H2,1-2H3/t8-,9?,10?,11-,12?,13-,14+,15-,16+,17?,18?,19-,20-,21-,22+/m1/s1. The summed E-state index contributed by atoms with van der Waals surface area (Å²) in [4.78, 5) is 0. The molecule has 206 valence electrons. The number of aliphatic hydroxyl groups is 6. The lowest BCUT2D eigenvalue weighted by Gasteiger charge is -2.48. The molecule has 3 fully saturated rings. The highest BCUT2D eigenvalue weighted by atomic mass is 16.7. The van der Waals surface area contributed by atoms with Gasteiger partial charge in [-0.25, -0.2) is 0 Å². The molecule has 0 aromatic carbocycles. The molecule has 2 heterocycles. The summed E-state index contributed by atoms with van der Waals surface area (Å²) in [5, 5.41) is 62.4. The molecule has 0 amide bonds. The predicted molar refractivity (Wildman–Crippen MR) is 121 cm³/mol. The zero-order chi connectivity index (χ0) is 26.0. The zero-order valence-electron chi connectivity index (χ0n) is 20.2. The highest BCUT2D eigenvalue weighted by Crippen LogP contribution is 2.36. The van der Waals surface area contributed by atoms with Gasteiger partial charge in [0.25, 0.3) is 0 Å². The maximum absolute atomic E-state index is 11.2. The Morgan fingerprint density at radius 2 is 1.54 bits per heavy atom. The first kappa shape index (κ1) is 29.0. The second kappa shape index (κ2) is 12.3. The van der Waals surface area contributed by atoms with E-state index in [4.69, 9.17) is 36.1 Å². The normalized spacial score (nSPS) is 49.8. The van der Waals surface area contributed by atoms with Crippen molar-refractivity contribution in [3.05, 3.63) is 0 Å². The summed E-state index contributed by atoms with van der Waals surface area (Å²) in [7, 11) is 0. The average molecular weight is 510 g/mol. The average Bonchev–Trinajstić information content (AvgIpc) is 3.09. The van der Waals surface area contributed by atoms with E-state index in [9.17, 15) is 30.6 Å². The second-order valence-electron chi connectivity index (χ2n) is 10.0. The molecule has 0 bridgehead atoms. The molecule has 3 rings (SSSR count). The highest BCUT2D eigenvalue weighted by Gasteiger charge is 2.52. The van der Waals surface area contributed by atoms with Gasteiger partial charge in [-0.05, 0) is 25.7 Å². The van der Waals surface area contributed by atoms with Gasteiger partial charge in [0.15, 0.2) is 12.6 Å². The highest BCUT2D eigenvalue weighted by molar-refractivity contribution is 5.00. The fourth-order valence-electron chi connectivity index (χ4n) is 5.18. The number of unbranched alkanes of at least 4 members (excludes halogenated alkanes) is 1. The smallest absolute Gasteiger partial charge is 0.187 e. The Kier molecular flexibility index (Phi) is 10.2. The summed E-state index contributed by atoms with van der Waals surface area (Å²) >= 11 is 0. The Morgan fingerprint density at radius 1 is 0.886 bits per heavy atom. The van der Waals surface area contributed by atoms with Gasteiger partial charge in [-0.15, -0.1) is 0 Å². The summed E-state index contributed by atoms with van der Waals surface area (Å²) in [5.41, 5.74) is 18.1. The van der Waals surface area contributed by atoms with Crippen LogP contribution in [0.15, 0.2) is 0 Å². The SMILES string of the molecule is CCCCC1CC(N)[C@@H](O[C@H]2OC([C@@H](C)O)[C@@H](O)[C@H](O)C2N)[C@H](O[C@@H]2O[C@H](CN)[C@H](O)C2O)[C@@H]1O. The van der Waals surface area contributed by atoms with E-state index in [1.54, 1.807) is 0 Å². The third-order valence-electron chi connectivity index (χ3n) is 7.36. The summed E-state index contributed by atoms with van der Waals surface area (Å²) in [6.45, 7) is 3.38. The number of nitrogens with two attached hydrogens (primary N) is 3. The van der Waals surface area contributed by atoms with Crippen molar-refractivity contribution in [3.8, 4) is 0 Å². The maximum Gasteiger partial charge on any atom is 0.187 e. The number of rotatable bonds is 9. The topological polar surface area (TPSA) is 236 Å². The van der Waals surface area contributed by atoms with Crippen LogP contribution in [0.4, 0.5) is 0 Å². The summed E-state index contributed by atoms with van der Waals surface area (Å²) in [6.07, 6.45) is -11.6. The van der Waals surface area contributed by atoms with E-state index in [1.165, 1.54) is 6.92 Å². The van der Waals surface area contributed by atoms with E-state index in [0.29, 0.717) is 12.8 Å². The lowest BCUT2D eigenvalue weighted by molar-refractivity contribution is -0.317. The maximum atomic E-state index is 11.2. The van der Waals surface area contributed by atoms with Crippen LogP contribution < -0.4 is 17.2 Å². The number of hydrogen-bond donors (Lipinski definition) is 9. The summed E-state index contributed by atoms with van der Waals surface area (Å²) in [6, 6.07) is -1.83. The van der Waals surface area contributed by atoms with Crippen molar-refractivity contribution in [3.63, 3.8) is 0 Å². The van der Waals surface area contributed by atoms with Crippen LogP contribution in [0.5, 0.6) is 0 Å². The van der Waals surface area contributed by atoms with Crippen molar-refractivity contribution < 1.29 is 49.6 Å². The molecule has 15 atom stereocenters. The molecule has 0 spiro atoms. The van der Waals surface area contributed by atoms with Crippen LogP contribution in [0, 0.1) is 5.92 Å². The van der Waals surface area contributed by atoms with Crippen molar-refractivity contribution in [2.45, 2.75) is 125 Å². The summed E-state index contributed by atoms with van der Waals surface area (Å²) < 4.78 is 23.3. The quantitative estimate of drug-likeness (QED) is 0.145. The van der Waals surface area contributed by atoms with Gasteiger partial charge in [0.05, 0.1) is 18.2 Å². The number of aliphatic hydroxyl groups excluding tert-OH is 6. The minimum Gasteiger partial charge on any atom is -0.391 e. The molecule has 3 aliphatic rings. The molecule has 0 radical (unpaired) electrons. The van der Waals surface area contributed by atoms with E-state index in [1.807, 2.05) is 6.92 Å². The molecule has 0 aromatic rings. The van der Waals surface area contributed by atoms with Crippen molar-refractivity contribution in [2.75, 3.05) is 6.54 Å². The minimum atomic E-state index is -1.45. The zero-order valence-corrected chi connectivity index (χ0v) is 20.2. The third kappa shape index (κ3) is 6.14. The molecule has 2 aliphatic heterocycles. The lowest BCUT2D eigenvalue weighted by atomic mass is 9.77. The van der Waals surface area contributed by atoms with E-state index in [0.717, 1.165) is 12.8 Å². The van der Waals surface area contributed by atoms with Gasteiger partial charge in [-0.1, -0.05) is 19.8 Å². The Labute approximate surface area is 205 Å². The largest absolute Gasteiger partial charge is 0.391 e. The van der Waals surface area contributed by atoms with Crippen LogP contribution in [0.2, 0.25) is 0 Å². The first-order valence-corrected chi connectivity index (χ1v) is 12.4. The van der Waals surface area contributed by atoms with Gasteiger partial charge < -0.3 is 66.8 Å². The van der Waals surface area contributed by atoms with E-state index in [-0.39, 0.29) is 12.5 Å². The molecular weight excluding hydrogens is 466 g/mol.